The fourth-order valence-corrected chi connectivity index (χ4v) is 5.48. The Morgan fingerprint density at radius 3 is 2.08 bits per heavy atom. The van der Waals surface area contributed by atoms with Crippen LogP contribution in [0.5, 0.6) is 0 Å². The SMILES string of the molecule is CC(C)(C)c1cccc2nc(-c3ccc(-c4ccc5c(c4)c4ccccc4n5-c4ccccc4)cc3)oc12. The van der Waals surface area contributed by atoms with Crippen molar-refractivity contribution in [3.63, 3.8) is 0 Å². The van der Waals surface area contributed by atoms with Gasteiger partial charge in [-0.25, -0.2) is 4.98 Å². The molecule has 0 amide bonds. The Morgan fingerprint density at radius 2 is 1.29 bits per heavy atom. The number of aromatic nitrogens is 2. The summed E-state index contributed by atoms with van der Waals surface area (Å²) in [5.74, 6) is 0.657. The van der Waals surface area contributed by atoms with Gasteiger partial charge in [0.15, 0.2) is 5.58 Å². The van der Waals surface area contributed by atoms with E-state index >= 15 is 0 Å². The van der Waals surface area contributed by atoms with Crippen molar-refractivity contribution < 1.29 is 4.42 Å². The van der Waals surface area contributed by atoms with Gasteiger partial charge in [0.1, 0.15) is 5.52 Å². The van der Waals surface area contributed by atoms with Crippen LogP contribution in [0.2, 0.25) is 0 Å². The van der Waals surface area contributed by atoms with Crippen molar-refractivity contribution in [1.29, 1.82) is 0 Å². The van der Waals surface area contributed by atoms with Crippen molar-refractivity contribution in [1.82, 2.24) is 9.55 Å². The topological polar surface area (TPSA) is 31.0 Å². The van der Waals surface area contributed by atoms with E-state index in [4.69, 9.17) is 9.40 Å². The highest BCUT2D eigenvalue weighted by atomic mass is 16.3. The summed E-state index contributed by atoms with van der Waals surface area (Å²) in [6, 6.07) is 40.7. The molecule has 2 heterocycles. The molecule has 0 aliphatic heterocycles. The third kappa shape index (κ3) is 3.62. The molecule has 5 aromatic carbocycles. The Labute approximate surface area is 222 Å². The number of oxazole rings is 1. The van der Waals surface area contributed by atoms with Gasteiger partial charge in [0.2, 0.25) is 5.89 Å². The summed E-state index contributed by atoms with van der Waals surface area (Å²) in [5.41, 5.74) is 9.86. The van der Waals surface area contributed by atoms with Crippen LogP contribution >= 0.6 is 0 Å². The summed E-state index contributed by atoms with van der Waals surface area (Å²) in [7, 11) is 0. The van der Waals surface area contributed by atoms with Gasteiger partial charge < -0.3 is 8.98 Å². The molecule has 7 rings (SSSR count). The van der Waals surface area contributed by atoms with Crippen molar-refractivity contribution in [2.45, 2.75) is 26.2 Å². The molecule has 0 aliphatic rings. The fraction of sp³-hybridized carbons (Fsp3) is 0.114. The fourth-order valence-electron chi connectivity index (χ4n) is 5.48. The highest BCUT2D eigenvalue weighted by molar-refractivity contribution is 6.10. The van der Waals surface area contributed by atoms with Crippen LogP contribution in [0.15, 0.2) is 120 Å². The van der Waals surface area contributed by atoms with E-state index in [0.717, 1.165) is 16.7 Å². The first-order chi connectivity index (χ1) is 18.5. The second-order valence-corrected chi connectivity index (χ2v) is 10.9. The van der Waals surface area contributed by atoms with Crippen LogP contribution in [0.4, 0.5) is 0 Å². The van der Waals surface area contributed by atoms with E-state index in [0.29, 0.717) is 5.89 Å². The molecule has 0 fully saturated rings. The Kier molecular flexibility index (Phi) is 5.02. The van der Waals surface area contributed by atoms with E-state index in [1.54, 1.807) is 0 Å². The lowest BCUT2D eigenvalue weighted by atomic mass is 9.86. The molecule has 3 heteroatoms. The Morgan fingerprint density at radius 1 is 0.605 bits per heavy atom. The predicted octanol–water partition coefficient (Wildman–Crippen LogP) is 9.56. The number of benzene rings is 5. The van der Waals surface area contributed by atoms with E-state index in [2.05, 4.69) is 135 Å². The third-order valence-electron chi connectivity index (χ3n) is 7.38. The molecule has 0 N–H and O–H groups in total. The molecule has 0 aliphatic carbocycles. The molecular formula is C35H28N2O. The maximum Gasteiger partial charge on any atom is 0.227 e. The molecule has 3 nitrogen and oxygen atoms in total. The van der Waals surface area contributed by atoms with Gasteiger partial charge in [-0.2, -0.15) is 0 Å². The quantitative estimate of drug-likeness (QED) is 0.246. The molecule has 7 aromatic rings. The van der Waals surface area contributed by atoms with Crippen LogP contribution in [0.25, 0.3) is 61.2 Å². The van der Waals surface area contributed by atoms with Gasteiger partial charge >= 0.3 is 0 Å². The zero-order valence-electron chi connectivity index (χ0n) is 21.8. The second kappa shape index (κ2) is 8.46. The monoisotopic (exact) mass is 492 g/mol. The average molecular weight is 493 g/mol. The van der Waals surface area contributed by atoms with Gasteiger partial charge in [-0.05, 0) is 65.1 Å². The minimum Gasteiger partial charge on any atom is -0.436 e. The summed E-state index contributed by atoms with van der Waals surface area (Å²) < 4.78 is 8.64. The van der Waals surface area contributed by atoms with Gasteiger partial charge in [0.05, 0.1) is 11.0 Å². The third-order valence-corrected chi connectivity index (χ3v) is 7.38. The van der Waals surface area contributed by atoms with Gasteiger partial charge in [-0.15, -0.1) is 0 Å². The first kappa shape index (κ1) is 22.6. The molecule has 0 spiro atoms. The van der Waals surface area contributed by atoms with E-state index in [9.17, 15) is 0 Å². The Balaban J connectivity index is 1.30. The molecule has 2 aromatic heterocycles. The van der Waals surface area contributed by atoms with E-state index < -0.39 is 0 Å². The number of para-hydroxylation sites is 3. The molecule has 0 radical (unpaired) electrons. The summed E-state index contributed by atoms with van der Waals surface area (Å²) in [6.45, 7) is 6.60. The van der Waals surface area contributed by atoms with Crippen LogP contribution in [-0.2, 0) is 5.41 Å². The van der Waals surface area contributed by atoms with E-state index in [1.807, 2.05) is 6.07 Å². The normalized spacial score (nSPS) is 12.1. The van der Waals surface area contributed by atoms with Crippen molar-refractivity contribution in [2.75, 3.05) is 0 Å². The lowest BCUT2D eigenvalue weighted by molar-refractivity contribution is 0.561. The molecule has 0 saturated carbocycles. The number of rotatable bonds is 3. The minimum atomic E-state index is -0.0115. The Bertz CT molecular complexity index is 1930. The summed E-state index contributed by atoms with van der Waals surface area (Å²) >= 11 is 0. The number of hydrogen-bond acceptors (Lipinski definition) is 2. The van der Waals surface area contributed by atoms with Crippen molar-refractivity contribution in [3.05, 3.63) is 121 Å². The largest absolute Gasteiger partial charge is 0.436 e. The summed E-state index contributed by atoms with van der Waals surface area (Å²) in [6.07, 6.45) is 0. The van der Waals surface area contributed by atoms with Crippen molar-refractivity contribution in [2.24, 2.45) is 0 Å². The molecule has 0 bridgehead atoms. The zero-order valence-corrected chi connectivity index (χ0v) is 21.8. The van der Waals surface area contributed by atoms with Crippen LogP contribution in [-0.4, -0.2) is 9.55 Å². The van der Waals surface area contributed by atoms with Gasteiger partial charge in [0.25, 0.3) is 0 Å². The number of hydrogen-bond donors (Lipinski definition) is 0. The van der Waals surface area contributed by atoms with E-state index in [1.165, 1.54) is 44.2 Å². The minimum absolute atomic E-state index is 0.0115. The molecule has 0 saturated heterocycles. The zero-order chi connectivity index (χ0) is 25.9. The van der Waals surface area contributed by atoms with Crippen LogP contribution in [0.3, 0.4) is 0 Å². The number of fused-ring (bicyclic) bond motifs is 4. The molecule has 38 heavy (non-hydrogen) atoms. The maximum absolute atomic E-state index is 6.29. The van der Waals surface area contributed by atoms with Gasteiger partial charge in [-0.3, -0.25) is 0 Å². The molecule has 0 atom stereocenters. The van der Waals surface area contributed by atoms with Crippen molar-refractivity contribution in [3.8, 4) is 28.3 Å². The molecular weight excluding hydrogens is 464 g/mol. The van der Waals surface area contributed by atoms with Crippen LogP contribution in [0, 0.1) is 0 Å². The molecule has 184 valence electrons. The number of nitrogens with zero attached hydrogens (tertiary/aromatic N) is 2. The standard InChI is InChI=1S/C35H28N2O/c1-35(2,3)29-13-9-14-30-33(29)38-34(36-30)24-18-16-23(17-19-24)25-20-21-32-28(22-25)27-12-7-8-15-31(27)37(32)26-10-5-4-6-11-26/h4-22H,1-3H3. The first-order valence-electron chi connectivity index (χ1n) is 13.1. The first-order valence-corrected chi connectivity index (χ1v) is 13.1. The average Bonchev–Trinajstić information content (AvgIpc) is 3.52. The smallest absolute Gasteiger partial charge is 0.227 e. The molecule has 0 unspecified atom stereocenters. The van der Waals surface area contributed by atoms with Crippen LogP contribution in [0.1, 0.15) is 26.3 Å². The second-order valence-electron chi connectivity index (χ2n) is 10.9. The van der Waals surface area contributed by atoms with Gasteiger partial charge in [0, 0.05) is 27.6 Å². The summed E-state index contributed by atoms with van der Waals surface area (Å²) in [5, 5.41) is 2.51. The Hall–Kier alpha value is -4.63. The van der Waals surface area contributed by atoms with Gasteiger partial charge in [-0.1, -0.05) is 87.5 Å². The van der Waals surface area contributed by atoms with Crippen LogP contribution < -0.4 is 0 Å². The lowest BCUT2D eigenvalue weighted by Crippen LogP contribution is -2.10. The highest BCUT2D eigenvalue weighted by Gasteiger charge is 2.21. The van der Waals surface area contributed by atoms with Crippen molar-refractivity contribution >= 4 is 32.9 Å². The maximum atomic E-state index is 6.29. The van der Waals surface area contributed by atoms with E-state index in [-0.39, 0.29) is 5.41 Å². The highest BCUT2D eigenvalue weighted by Crippen LogP contribution is 2.36. The summed E-state index contributed by atoms with van der Waals surface area (Å²) in [4.78, 5) is 4.80. The predicted molar refractivity (Wildman–Crippen MR) is 158 cm³/mol. The lowest BCUT2D eigenvalue weighted by Gasteiger charge is -2.18.